The van der Waals surface area contributed by atoms with Crippen LogP contribution in [-0.4, -0.2) is 54.0 Å². The van der Waals surface area contributed by atoms with Crippen molar-refractivity contribution >= 4 is 5.91 Å². The summed E-state index contributed by atoms with van der Waals surface area (Å²) in [4.78, 5) is 16.9. The Kier molecular flexibility index (Phi) is 5.85. The summed E-state index contributed by atoms with van der Waals surface area (Å²) in [6, 6.07) is 0. The van der Waals surface area contributed by atoms with Gasteiger partial charge in [-0.15, -0.1) is 0 Å². The molecule has 0 bridgehead atoms. The van der Waals surface area contributed by atoms with E-state index in [1.807, 2.05) is 4.90 Å². The second-order valence-electron chi connectivity index (χ2n) is 6.50. The van der Waals surface area contributed by atoms with E-state index in [0.29, 0.717) is 19.0 Å². The standard InChI is InChI=1S/C16H31N3O/c1-2-10-19(13-15(20)18-11-6-7-12-18)16(14-17)8-4-3-5-9-16/h2-14,17H2,1H3. The lowest BCUT2D eigenvalue weighted by Gasteiger charge is -2.46. The van der Waals surface area contributed by atoms with Gasteiger partial charge in [0.1, 0.15) is 0 Å². The molecule has 1 aliphatic carbocycles. The van der Waals surface area contributed by atoms with Gasteiger partial charge in [0.25, 0.3) is 0 Å². The van der Waals surface area contributed by atoms with Gasteiger partial charge >= 0.3 is 0 Å². The molecule has 2 fully saturated rings. The van der Waals surface area contributed by atoms with Gasteiger partial charge in [0, 0.05) is 25.2 Å². The molecule has 1 amide bonds. The van der Waals surface area contributed by atoms with E-state index in [9.17, 15) is 4.79 Å². The Bertz CT molecular complexity index is 307. The van der Waals surface area contributed by atoms with Gasteiger partial charge in [0.2, 0.25) is 5.91 Å². The number of nitrogens with two attached hydrogens (primary N) is 1. The van der Waals surface area contributed by atoms with E-state index in [4.69, 9.17) is 5.73 Å². The first-order chi connectivity index (χ1) is 9.72. The highest BCUT2D eigenvalue weighted by molar-refractivity contribution is 5.78. The van der Waals surface area contributed by atoms with Crippen LogP contribution in [0.1, 0.15) is 58.3 Å². The molecule has 4 nitrogen and oxygen atoms in total. The van der Waals surface area contributed by atoms with Crippen molar-refractivity contribution in [3.05, 3.63) is 0 Å². The van der Waals surface area contributed by atoms with E-state index in [2.05, 4.69) is 11.8 Å². The maximum atomic E-state index is 12.5. The molecule has 1 heterocycles. The van der Waals surface area contributed by atoms with Crippen LogP contribution in [0.3, 0.4) is 0 Å². The molecule has 1 aliphatic heterocycles. The van der Waals surface area contributed by atoms with Gasteiger partial charge in [-0.3, -0.25) is 9.69 Å². The molecule has 0 aromatic heterocycles. The zero-order valence-electron chi connectivity index (χ0n) is 13.1. The van der Waals surface area contributed by atoms with Gasteiger partial charge in [-0.25, -0.2) is 0 Å². The molecule has 0 unspecified atom stereocenters. The van der Waals surface area contributed by atoms with Crippen molar-refractivity contribution in [1.29, 1.82) is 0 Å². The zero-order chi connectivity index (χ0) is 14.4. The molecule has 0 atom stereocenters. The van der Waals surface area contributed by atoms with Crippen molar-refractivity contribution in [2.45, 2.75) is 63.8 Å². The fourth-order valence-corrected chi connectivity index (χ4v) is 3.84. The predicted molar refractivity (Wildman–Crippen MR) is 82.5 cm³/mol. The van der Waals surface area contributed by atoms with E-state index in [1.54, 1.807) is 0 Å². The molecular formula is C16H31N3O. The molecule has 2 rings (SSSR count). The average Bonchev–Trinajstić information content (AvgIpc) is 3.02. The quantitative estimate of drug-likeness (QED) is 0.810. The molecule has 0 spiro atoms. The first kappa shape index (κ1) is 15.8. The van der Waals surface area contributed by atoms with Gasteiger partial charge in [-0.2, -0.15) is 0 Å². The molecule has 2 N–H and O–H groups in total. The number of nitrogens with zero attached hydrogens (tertiary/aromatic N) is 2. The van der Waals surface area contributed by atoms with E-state index >= 15 is 0 Å². The van der Waals surface area contributed by atoms with Crippen molar-refractivity contribution in [2.75, 3.05) is 32.7 Å². The topological polar surface area (TPSA) is 49.6 Å². The van der Waals surface area contributed by atoms with Gasteiger partial charge in [-0.1, -0.05) is 26.2 Å². The van der Waals surface area contributed by atoms with E-state index in [1.165, 1.54) is 32.1 Å². The number of likely N-dealkylation sites (tertiary alicyclic amines) is 1. The fourth-order valence-electron chi connectivity index (χ4n) is 3.84. The molecule has 2 aliphatic rings. The second kappa shape index (κ2) is 7.41. The molecule has 0 aromatic rings. The molecule has 0 radical (unpaired) electrons. The van der Waals surface area contributed by atoms with Crippen LogP contribution in [0.4, 0.5) is 0 Å². The third-order valence-corrected chi connectivity index (χ3v) is 5.11. The SMILES string of the molecule is CCCN(CC(=O)N1CCCC1)C1(CN)CCCCC1. The number of carbonyl (C=O) groups excluding carboxylic acids is 1. The summed E-state index contributed by atoms with van der Waals surface area (Å²) in [5, 5.41) is 0. The summed E-state index contributed by atoms with van der Waals surface area (Å²) in [7, 11) is 0. The number of hydrogen-bond donors (Lipinski definition) is 1. The van der Waals surface area contributed by atoms with Crippen LogP contribution in [0.15, 0.2) is 0 Å². The Morgan fingerprint density at radius 1 is 1.15 bits per heavy atom. The molecule has 4 heteroatoms. The lowest BCUT2D eigenvalue weighted by Crippen LogP contribution is -2.57. The van der Waals surface area contributed by atoms with Crippen LogP contribution in [-0.2, 0) is 4.79 Å². The Balaban J connectivity index is 2.02. The minimum absolute atomic E-state index is 0.0869. The summed E-state index contributed by atoms with van der Waals surface area (Å²) >= 11 is 0. The molecule has 1 saturated carbocycles. The number of carbonyl (C=O) groups is 1. The van der Waals surface area contributed by atoms with Crippen LogP contribution in [0.25, 0.3) is 0 Å². The number of rotatable bonds is 6. The van der Waals surface area contributed by atoms with Crippen molar-refractivity contribution in [3.8, 4) is 0 Å². The zero-order valence-corrected chi connectivity index (χ0v) is 13.1. The molecule has 20 heavy (non-hydrogen) atoms. The maximum absolute atomic E-state index is 12.5. The van der Waals surface area contributed by atoms with Crippen LogP contribution in [0, 0.1) is 0 Å². The highest BCUT2D eigenvalue weighted by Crippen LogP contribution is 2.33. The number of hydrogen-bond acceptors (Lipinski definition) is 3. The first-order valence-corrected chi connectivity index (χ1v) is 8.45. The largest absolute Gasteiger partial charge is 0.342 e. The van der Waals surface area contributed by atoms with E-state index < -0.39 is 0 Å². The van der Waals surface area contributed by atoms with Crippen LogP contribution in [0.5, 0.6) is 0 Å². The van der Waals surface area contributed by atoms with E-state index in [-0.39, 0.29) is 5.54 Å². The Hall–Kier alpha value is -0.610. The minimum Gasteiger partial charge on any atom is -0.342 e. The molecule has 1 saturated heterocycles. The van der Waals surface area contributed by atoms with Gasteiger partial charge in [0.15, 0.2) is 0 Å². The van der Waals surface area contributed by atoms with E-state index in [0.717, 1.165) is 38.9 Å². The van der Waals surface area contributed by atoms with Crippen molar-refractivity contribution in [3.63, 3.8) is 0 Å². The normalized spacial score (nSPS) is 22.4. The Morgan fingerprint density at radius 2 is 1.80 bits per heavy atom. The monoisotopic (exact) mass is 281 g/mol. The Morgan fingerprint density at radius 3 is 2.35 bits per heavy atom. The molecular weight excluding hydrogens is 250 g/mol. The lowest BCUT2D eigenvalue weighted by molar-refractivity contribution is -0.133. The summed E-state index contributed by atoms with van der Waals surface area (Å²) in [5.74, 6) is 0.314. The summed E-state index contributed by atoms with van der Waals surface area (Å²) in [6.45, 7) is 6.37. The smallest absolute Gasteiger partial charge is 0.236 e. The third-order valence-electron chi connectivity index (χ3n) is 5.11. The van der Waals surface area contributed by atoms with Crippen molar-refractivity contribution in [1.82, 2.24) is 9.80 Å². The summed E-state index contributed by atoms with van der Waals surface area (Å²) in [5.41, 5.74) is 6.22. The first-order valence-electron chi connectivity index (χ1n) is 8.45. The van der Waals surface area contributed by atoms with Crippen molar-refractivity contribution in [2.24, 2.45) is 5.73 Å². The Labute approximate surface area is 123 Å². The van der Waals surface area contributed by atoms with Crippen LogP contribution < -0.4 is 5.73 Å². The van der Waals surface area contributed by atoms with Crippen molar-refractivity contribution < 1.29 is 4.79 Å². The molecule has 116 valence electrons. The van der Waals surface area contributed by atoms with Gasteiger partial charge in [0.05, 0.1) is 6.54 Å². The molecule has 0 aromatic carbocycles. The summed E-state index contributed by atoms with van der Waals surface area (Å²) in [6.07, 6.45) is 9.60. The van der Waals surface area contributed by atoms with Crippen LogP contribution >= 0.6 is 0 Å². The van der Waals surface area contributed by atoms with Gasteiger partial charge in [-0.05, 0) is 38.6 Å². The average molecular weight is 281 g/mol. The van der Waals surface area contributed by atoms with Crippen LogP contribution in [0.2, 0.25) is 0 Å². The fraction of sp³-hybridized carbons (Fsp3) is 0.938. The minimum atomic E-state index is 0.0869. The van der Waals surface area contributed by atoms with Gasteiger partial charge < -0.3 is 10.6 Å². The maximum Gasteiger partial charge on any atom is 0.236 e. The lowest BCUT2D eigenvalue weighted by atomic mass is 9.80. The second-order valence-corrected chi connectivity index (χ2v) is 6.50. The highest BCUT2D eigenvalue weighted by atomic mass is 16.2. The third kappa shape index (κ3) is 3.53. The predicted octanol–water partition coefficient (Wildman–Crippen LogP) is 1.98. The highest BCUT2D eigenvalue weighted by Gasteiger charge is 2.37. The number of amides is 1. The summed E-state index contributed by atoms with van der Waals surface area (Å²) < 4.78 is 0.